The molecule has 0 unspecified atom stereocenters. The number of rotatable bonds is 3. The van der Waals surface area contributed by atoms with Crippen molar-refractivity contribution >= 4 is 0 Å². The van der Waals surface area contributed by atoms with E-state index < -0.39 is 0 Å². The number of halogens is 1. The number of hydrogen-bond donors (Lipinski definition) is 3. The summed E-state index contributed by atoms with van der Waals surface area (Å²) in [5, 5.41) is 0. The predicted octanol–water partition coefficient (Wildman–Crippen LogP) is -4.42. The second-order valence-electron chi connectivity index (χ2n) is 1.94. The average Bonchev–Trinajstić information content (AvgIpc) is 1.59. The molecule has 0 aliphatic heterocycles. The number of nitrogens with two attached hydrogens (primary N) is 1. The molecule has 0 aromatic carbocycles. The van der Waals surface area contributed by atoms with E-state index in [0.717, 1.165) is 0 Å². The van der Waals surface area contributed by atoms with Crippen LogP contribution in [0.15, 0.2) is 0 Å². The van der Waals surface area contributed by atoms with Crippen molar-refractivity contribution in [3.63, 3.8) is 0 Å². The molecule has 0 amide bonds. The Hall–Kier alpha value is 0.570. The third kappa shape index (κ3) is 6.57. The van der Waals surface area contributed by atoms with E-state index in [9.17, 15) is 0 Å². The molecule has 0 rings (SSSR count). The normalized spacial score (nSPS) is 12.5. The molecule has 0 saturated carbocycles. The second-order valence-corrected chi connectivity index (χ2v) is 3.55. The molecule has 0 fully saturated rings. The number of hydrazine groups is 1. The van der Waals surface area contributed by atoms with Gasteiger partial charge in [-0.2, -0.15) is 0 Å². The van der Waals surface area contributed by atoms with Gasteiger partial charge in [-0.25, -0.2) is 0 Å². The zero-order chi connectivity index (χ0) is 6.62. The van der Waals surface area contributed by atoms with Crippen molar-refractivity contribution in [3.05, 3.63) is 0 Å². The van der Waals surface area contributed by atoms with Gasteiger partial charge in [-0.05, 0) is 0 Å². The van der Waals surface area contributed by atoms with Crippen molar-refractivity contribution in [1.82, 2.24) is 9.17 Å². The Morgan fingerprint density at radius 1 is 1.50 bits per heavy atom. The van der Waals surface area contributed by atoms with E-state index in [1.165, 1.54) is 0 Å². The molecule has 4 nitrogen and oxygen atoms in total. The van der Waals surface area contributed by atoms with Crippen LogP contribution in [0.4, 0.5) is 0 Å². The van der Waals surface area contributed by atoms with Crippen molar-refractivity contribution in [2.45, 2.75) is 0 Å². The van der Waals surface area contributed by atoms with Crippen molar-refractivity contribution < 1.29 is 26.2 Å². The predicted molar refractivity (Wildman–Crippen MR) is 28.5 cm³/mol. The van der Waals surface area contributed by atoms with Gasteiger partial charge in [0, 0.05) is 0 Å². The molecular formula is C3H13IN4. The Morgan fingerprint density at radius 3 is 2.12 bits per heavy atom. The first-order valence-corrected chi connectivity index (χ1v) is 5.43. The zero-order valence-corrected chi connectivity index (χ0v) is 7.56. The first kappa shape index (κ1) is 8.57. The van der Waals surface area contributed by atoms with Crippen LogP contribution in [0.5, 0.6) is 0 Å². The Balaban J connectivity index is 3.11. The summed E-state index contributed by atoms with van der Waals surface area (Å²) in [6.07, 6.45) is 0. The van der Waals surface area contributed by atoms with Gasteiger partial charge in [0.2, 0.25) is 0 Å². The second kappa shape index (κ2) is 3.57. The van der Waals surface area contributed by atoms with E-state index in [-0.39, 0.29) is 26.2 Å². The molecule has 0 bridgehead atoms. The van der Waals surface area contributed by atoms with E-state index in [0.29, 0.717) is 0 Å². The third-order valence-electron chi connectivity index (χ3n) is 0.425. The van der Waals surface area contributed by atoms with Gasteiger partial charge in [0.25, 0.3) is 0 Å². The summed E-state index contributed by atoms with van der Waals surface area (Å²) < 4.78 is 3.27. The fraction of sp³-hybridized carbons (Fsp3) is 1.00. The molecule has 4 N–H and O–H groups in total. The maximum atomic E-state index is 5.50. The summed E-state index contributed by atoms with van der Waals surface area (Å²) in [6.45, 7) is 0. The first-order valence-electron chi connectivity index (χ1n) is 2.19. The van der Waals surface area contributed by atoms with Crippen molar-refractivity contribution in [1.29, 1.82) is 0 Å². The molecule has 0 aromatic rings. The van der Waals surface area contributed by atoms with Crippen LogP contribution >= 0.6 is 0 Å². The Kier molecular flexibility index (Phi) is 3.82. The monoisotopic (exact) mass is 232 g/mol. The van der Waals surface area contributed by atoms with Crippen LogP contribution in [0.25, 0.3) is 0 Å². The first-order chi connectivity index (χ1) is 3.56. The fourth-order valence-electron chi connectivity index (χ4n) is 0.151. The van der Waals surface area contributed by atoms with E-state index in [4.69, 9.17) is 5.84 Å². The molecule has 8 heavy (non-hydrogen) atoms. The summed E-state index contributed by atoms with van der Waals surface area (Å²) in [4.78, 5) is 2.11. The van der Waals surface area contributed by atoms with Crippen molar-refractivity contribution in [3.8, 4) is 0 Å². The van der Waals surface area contributed by atoms with Crippen LogP contribution < -0.4 is 36.5 Å². The summed E-state index contributed by atoms with van der Waals surface area (Å²) >= 11 is 0.0847. The standard InChI is InChI=1S/C3H13IN4/c1-4-6-7-8(2,3)5/h6-7H,5H2,1-3H3. The van der Waals surface area contributed by atoms with Crippen LogP contribution in [-0.2, 0) is 0 Å². The molecule has 52 valence electrons. The van der Waals surface area contributed by atoms with Crippen LogP contribution in [0, 0.1) is 0 Å². The van der Waals surface area contributed by atoms with Gasteiger partial charge in [-0.1, -0.05) is 0 Å². The van der Waals surface area contributed by atoms with Crippen molar-refractivity contribution in [2.75, 3.05) is 19.0 Å². The number of hydrogen-bond acceptors (Lipinski definition) is 3. The molecule has 5 heteroatoms. The number of alkyl halides is 1. The van der Waals surface area contributed by atoms with E-state index in [1.807, 2.05) is 14.1 Å². The van der Waals surface area contributed by atoms with E-state index in [1.54, 1.807) is 0 Å². The molecule has 0 aliphatic carbocycles. The summed E-state index contributed by atoms with van der Waals surface area (Å²) in [6, 6.07) is 0. The van der Waals surface area contributed by atoms with Gasteiger partial charge in [-0.15, -0.1) is 0 Å². The minimum atomic E-state index is 0.0847. The molecule has 0 aliphatic rings. The molecule has 0 heterocycles. The molecule has 0 atom stereocenters. The molecule has 0 saturated heterocycles. The summed E-state index contributed by atoms with van der Waals surface area (Å²) in [7, 11) is 3.71. The van der Waals surface area contributed by atoms with Crippen molar-refractivity contribution in [2.24, 2.45) is 5.84 Å². The topological polar surface area (TPSA) is 50.1 Å². The van der Waals surface area contributed by atoms with Gasteiger partial charge in [-0.3, -0.25) is 0 Å². The Morgan fingerprint density at radius 2 is 2.00 bits per heavy atom. The minimum absolute atomic E-state index is 0.0847. The van der Waals surface area contributed by atoms with Crippen LogP contribution in [0.1, 0.15) is 0 Å². The average molecular weight is 232 g/mol. The molecule has 0 aromatic heterocycles. The van der Waals surface area contributed by atoms with Crippen LogP contribution in [0.3, 0.4) is 0 Å². The maximum absolute atomic E-state index is 5.50. The number of nitrogens with one attached hydrogen (secondary N) is 2. The van der Waals surface area contributed by atoms with Crippen LogP contribution in [-0.4, -0.2) is 23.7 Å². The Labute approximate surface area is 60.5 Å². The summed E-state index contributed by atoms with van der Waals surface area (Å²) in [5.41, 5.74) is 2.89. The number of quaternary nitrogens is 1. The van der Waals surface area contributed by atoms with E-state index in [2.05, 4.69) is 14.1 Å². The third-order valence-corrected chi connectivity index (χ3v) is 1.21. The van der Waals surface area contributed by atoms with Gasteiger partial charge in [0.1, 0.15) is 0 Å². The van der Waals surface area contributed by atoms with Gasteiger partial charge >= 0.3 is 60.2 Å². The van der Waals surface area contributed by atoms with Gasteiger partial charge in [0.05, 0.1) is 0 Å². The van der Waals surface area contributed by atoms with E-state index >= 15 is 0 Å². The Bertz CT molecular complexity index is 58.8. The SMILES string of the molecule is C[I-]NN[N+](C)(C)N. The fourth-order valence-corrected chi connectivity index (χ4v) is 1.01. The van der Waals surface area contributed by atoms with Crippen LogP contribution in [0.2, 0.25) is 0 Å². The molecule has 0 radical (unpaired) electrons. The van der Waals surface area contributed by atoms with Gasteiger partial charge in [0.15, 0.2) is 0 Å². The summed E-state index contributed by atoms with van der Waals surface area (Å²) in [5.74, 6) is 5.50. The quantitative estimate of drug-likeness (QED) is 0.115. The number of nitrogens with zero attached hydrogens (tertiary/aromatic N) is 1. The molecular weight excluding hydrogens is 219 g/mol. The van der Waals surface area contributed by atoms with Gasteiger partial charge < -0.3 is 0 Å². The molecule has 0 spiro atoms. The zero-order valence-electron chi connectivity index (χ0n) is 5.40.